The normalized spacial score (nSPS) is 9.68. The second-order valence-corrected chi connectivity index (χ2v) is 5.10. The zero-order valence-electron chi connectivity index (χ0n) is 13.2. The molecule has 0 spiro atoms. The van der Waals surface area contributed by atoms with Gasteiger partial charge in [-0.2, -0.15) is 0 Å². The number of likely N-dealkylation sites (N-methyl/N-ethyl adjacent to an activating group) is 1. The lowest BCUT2D eigenvalue weighted by Crippen LogP contribution is -3.00. The van der Waals surface area contributed by atoms with Crippen molar-refractivity contribution in [2.24, 2.45) is 0 Å². The highest BCUT2D eigenvalue weighted by molar-refractivity contribution is 6.32. The van der Waals surface area contributed by atoms with Gasteiger partial charge in [-0.3, -0.25) is 0 Å². The molecule has 0 bridgehead atoms. The molecule has 0 aliphatic rings. The quantitative estimate of drug-likeness (QED) is 0.363. The van der Waals surface area contributed by atoms with Crippen LogP contribution in [0.5, 0.6) is 11.5 Å². The maximum absolute atomic E-state index is 6.24. The number of rotatable bonds is 9. The minimum atomic E-state index is 0. The highest BCUT2D eigenvalue weighted by atomic mass is 35.5. The van der Waals surface area contributed by atoms with E-state index in [4.69, 9.17) is 21.1 Å². The molecule has 1 aromatic carbocycles. The first kappa shape index (κ1) is 23.6. The predicted octanol–water partition coefficient (Wildman–Crippen LogP) is -3.43. The fraction of sp³-hybridized carbons (Fsp3) is 0.467. The largest absolute Gasteiger partial charge is 1.00 e. The molecule has 0 atom stereocenters. The predicted molar refractivity (Wildman–Crippen MR) is 84.0 cm³/mol. The van der Waals surface area contributed by atoms with Crippen LogP contribution in [-0.2, 0) is 6.54 Å². The van der Waals surface area contributed by atoms with Gasteiger partial charge in [-0.05, 0) is 31.8 Å². The van der Waals surface area contributed by atoms with Gasteiger partial charge >= 0.3 is 0 Å². The molecule has 0 aliphatic carbocycles. The highest BCUT2D eigenvalue weighted by Gasteiger charge is 2.11. The van der Waals surface area contributed by atoms with Gasteiger partial charge in [-0.1, -0.05) is 24.3 Å². The molecule has 0 heterocycles. The molecule has 1 N–H and O–H groups in total. The highest BCUT2D eigenvalue weighted by Crippen LogP contribution is 2.36. The Morgan fingerprint density at radius 1 is 1.32 bits per heavy atom. The van der Waals surface area contributed by atoms with Gasteiger partial charge in [0.25, 0.3) is 0 Å². The van der Waals surface area contributed by atoms with E-state index in [1.807, 2.05) is 26.2 Å². The summed E-state index contributed by atoms with van der Waals surface area (Å²) in [6.07, 6.45) is 1.67. The summed E-state index contributed by atoms with van der Waals surface area (Å²) in [6.45, 7) is 6.67. The van der Waals surface area contributed by atoms with E-state index < -0.39 is 0 Å². The summed E-state index contributed by atoms with van der Waals surface area (Å²) >= 11 is 6.24. The molecule has 0 amide bonds. The fourth-order valence-electron chi connectivity index (χ4n) is 1.69. The molecule has 22 heavy (non-hydrogen) atoms. The van der Waals surface area contributed by atoms with Crippen molar-refractivity contribution in [2.75, 3.05) is 40.9 Å². The van der Waals surface area contributed by atoms with E-state index in [0.29, 0.717) is 23.1 Å². The Bertz CT molecular complexity index is 443. The molecule has 4 nitrogen and oxygen atoms in total. The van der Waals surface area contributed by atoms with Crippen LogP contribution >= 0.6 is 11.6 Å². The van der Waals surface area contributed by atoms with Crippen molar-refractivity contribution in [1.82, 2.24) is 10.2 Å². The number of halogens is 3. The first-order valence-corrected chi connectivity index (χ1v) is 6.91. The average molecular weight is 370 g/mol. The van der Waals surface area contributed by atoms with E-state index in [1.165, 1.54) is 0 Å². The molecule has 1 aromatic rings. The summed E-state index contributed by atoms with van der Waals surface area (Å²) in [5.41, 5.74) is 1.07. The summed E-state index contributed by atoms with van der Waals surface area (Å²) in [5, 5.41) is 3.91. The van der Waals surface area contributed by atoms with E-state index >= 15 is 0 Å². The summed E-state index contributed by atoms with van der Waals surface area (Å²) in [5.74, 6) is 1.20. The molecule has 0 fully saturated rings. The number of hydrogen-bond acceptors (Lipinski definition) is 4. The fourth-order valence-corrected chi connectivity index (χ4v) is 1.98. The van der Waals surface area contributed by atoms with Crippen LogP contribution in [0.4, 0.5) is 0 Å². The van der Waals surface area contributed by atoms with Crippen molar-refractivity contribution < 1.29 is 34.3 Å². The van der Waals surface area contributed by atoms with E-state index in [-0.39, 0.29) is 24.8 Å². The van der Waals surface area contributed by atoms with Crippen LogP contribution in [0.15, 0.2) is 24.8 Å². The van der Waals surface area contributed by atoms with E-state index in [2.05, 4.69) is 16.8 Å². The minimum Gasteiger partial charge on any atom is -1.00 e. The number of methoxy groups -OCH3 is 1. The maximum Gasteiger partial charge on any atom is 0.180 e. The second-order valence-electron chi connectivity index (χ2n) is 4.69. The van der Waals surface area contributed by atoms with Gasteiger partial charge in [0.15, 0.2) is 11.5 Å². The van der Waals surface area contributed by atoms with Crippen LogP contribution in [0, 0.1) is 0 Å². The summed E-state index contributed by atoms with van der Waals surface area (Å²) in [4.78, 5) is 2.13. The van der Waals surface area contributed by atoms with Crippen LogP contribution in [0.3, 0.4) is 0 Å². The first-order chi connectivity index (χ1) is 9.58. The topological polar surface area (TPSA) is 33.7 Å². The zero-order chi connectivity index (χ0) is 15.0. The minimum absolute atomic E-state index is 0. The molecular weight excluding hydrogens is 347 g/mol. The molecule has 1 rings (SSSR count). The third kappa shape index (κ3) is 8.11. The van der Waals surface area contributed by atoms with Crippen molar-refractivity contribution in [3.63, 3.8) is 0 Å². The Hall–Kier alpha value is -0.650. The number of nitrogens with one attached hydrogen (secondary N) is 1. The van der Waals surface area contributed by atoms with Crippen LogP contribution in [0.25, 0.3) is 0 Å². The Kier molecular flexibility index (Phi) is 13.8. The number of benzene rings is 1. The molecule has 7 heteroatoms. The van der Waals surface area contributed by atoms with Gasteiger partial charge in [0, 0.05) is 19.6 Å². The zero-order valence-corrected chi connectivity index (χ0v) is 15.4. The van der Waals surface area contributed by atoms with Crippen LogP contribution in [0.2, 0.25) is 5.02 Å². The average Bonchev–Trinajstić information content (AvgIpc) is 2.41. The van der Waals surface area contributed by atoms with Crippen LogP contribution in [0.1, 0.15) is 5.56 Å². The Morgan fingerprint density at radius 3 is 2.55 bits per heavy atom. The second kappa shape index (κ2) is 12.9. The van der Waals surface area contributed by atoms with Crippen LogP contribution in [-0.4, -0.2) is 45.8 Å². The summed E-state index contributed by atoms with van der Waals surface area (Å²) in [6, 6.07) is 3.83. The standard InChI is InChI=1S/C15H23ClN2O2.2ClH/c1-5-8-20-15-13(16)9-12(10-14(15)19-4)11-17-6-7-18(2)3;;/h5,9-10,17H,1,6-8,11H2,2-4H3;2*1H/p-2. The molecule has 0 radical (unpaired) electrons. The van der Waals surface area contributed by atoms with E-state index in [1.54, 1.807) is 13.2 Å². The van der Waals surface area contributed by atoms with Gasteiger partial charge in [0.1, 0.15) is 6.61 Å². The number of hydrogen-bond donors (Lipinski definition) is 1. The molecule has 128 valence electrons. The summed E-state index contributed by atoms with van der Waals surface area (Å²) in [7, 11) is 5.70. The van der Waals surface area contributed by atoms with Crippen molar-refractivity contribution in [3.05, 3.63) is 35.4 Å². The van der Waals surface area contributed by atoms with E-state index in [0.717, 1.165) is 25.2 Å². The van der Waals surface area contributed by atoms with Gasteiger partial charge in [-0.15, -0.1) is 0 Å². The Labute approximate surface area is 150 Å². The molecule has 0 saturated carbocycles. The van der Waals surface area contributed by atoms with Gasteiger partial charge in [-0.25, -0.2) is 0 Å². The van der Waals surface area contributed by atoms with E-state index in [9.17, 15) is 0 Å². The lowest BCUT2D eigenvalue weighted by molar-refractivity contribution is -0.001000. The third-order valence-electron chi connectivity index (χ3n) is 2.70. The first-order valence-electron chi connectivity index (χ1n) is 6.54. The Morgan fingerprint density at radius 2 is 2.00 bits per heavy atom. The smallest absolute Gasteiger partial charge is 0.180 e. The monoisotopic (exact) mass is 368 g/mol. The SMILES string of the molecule is C=CCOc1c(Cl)cc(CNCCN(C)C)cc1OC.[Cl-].[Cl-]. The Balaban J connectivity index is 0. The lowest BCUT2D eigenvalue weighted by atomic mass is 10.2. The van der Waals surface area contributed by atoms with Gasteiger partial charge in [0.05, 0.1) is 12.1 Å². The van der Waals surface area contributed by atoms with Crippen molar-refractivity contribution in [2.45, 2.75) is 6.54 Å². The number of ether oxygens (including phenoxy) is 2. The number of nitrogens with zero attached hydrogens (tertiary/aromatic N) is 1. The van der Waals surface area contributed by atoms with Crippen molar-refractivity contribution in [3.8, 4) is 11.5 Å². The molecule has 0 aliphatic heterocycles. The summed E-state index contributed by atoms with van der Waals surface area (Å²) < 4.78 is 10.8. The van der Waals surface area contributed by atoms with Crippen molar-refractivity contribution in [1.29, 1.82) is 0 Å². The third-order valence-corrected chi connectivity index (χ3v) is 2.98. The molecule has 0 unspecified atom stereocenters. The maximum atomic E-state index is 6.24. The van der Waals surface area contributed by atoms with Gasteiger partial charge in [0.2, 0.25) is 0 Å². The molecule has 0 aromatic heterocycles. The molecule has 0 saturated heterocycles. The van der Waals surface area contributed by atoms with Crippen molar-refractivity contribution >= 4 is 11.6 Å². The van der Waals surface area contributed by atoms with Crippen LogP contribution < -0.4 is 39.6 Å². The molecular formula is C15H23Cl3N2O2-2. The lowest BCUT2D eigenvalue weighted by Gasteiger charge is -2.14. The van der Waals surface area contributed by atoms with Gasteiger partial charge < -0.3 is 44.5 Å².